The molecular weight excluding hydrogens is 633 g/mol. The van der Waals surface area contributed by atoms with Gasteiger partial charge in [0.1, 0.15) is 17.2 Å². The van der Waals surface area contributed by atoms with Crippen LogP contribution in [0.15, 0.2) is 42.7 Å². The third kappa shape index (κ3) is 11.9. The van der Waals surface area contributed by atoms with E-state index in [1.54, 1.807) is 12.4 Å². The standard InChI is InChI=1S/C41H59F2N3O2Si/c1-4-5-10-15-30(2)16-11-6-7-12-17-31(3)49-37-26-36(46-39-38(37)48-29-41(39,42)43)40-44-27-34(28-45-40)33-21-23-35(24-22-33)47-25-14-9-8-13-18-32-19-20-32/h21-24,26-28,30-32H,4-20,25,29,49H2,1-3H3. The van der Waals surface area contributed by atoms with Crippen LogP contribution in [0.25, 0.3) is 22.6 Å². The molecular formula is C41H59F2N3O2Si. The first kappa shape index (κ1) is 37.4. The van der Waals surface area contributed by atoms with Crippen molar-refractivity contribution in [2.24, 2.45) is 11.8 Å². The van der Waals surface area contributed by atoms with Crippen molar-refractivity contribution in [2.75, 3.05) is 13.2 Å². The van der Waals surface area contributed by atoms with E-state index in [0.717, 1.165) is 53.3 Å². The molecule has 0 saturated heterocycles. The van der Waals surface area contributed by atoms with Crippen LogP contribution in [-0.4, -0.2) is 37.7 Å². The molecule has 1 saturated carbocycles. The van der Waals surface area contributed by atoms with Gasteiger partial charge in [-0.2, -0.15) is 8.78 Å². The maximum Gasteiger partial charge on any atom is 0.326 e. The van der Waals surface area contributed by atoms with E-state index in [0.29, 0.717) is 22.8 Å². The summed E-state index contributed by atoms with van der Waals surface area (Å²) >= 11 is 0. The van der Waals surface area contributed by atoms with E-state index in [1.807, 2.05) is 30.3 Å². The van der Waals surface area contributed by atoms with Crippen molar-refractivity contribution in [2.45, 2.75) is 141 Å². The van der Waals surface area contributed by atoms with E-state index in [1.165, 1.54) is 96.3 Å². The number of ether oxygens (including phenoxy) is 2. The van der Waals surface area contributed by atoms with Gasteiger partial charge in [-0.15, -0.1) is 0 Å². The Morgan fingerprint density at radius 3 is 2.24 bits per heavy atom. The van der Waals surface area contributed by atoms with Crippen LogP contribution in [0.2, 0.25) is 5.54 Å². The summed E-state index contributed by atoms with van der Waals surface area (Å²) in [5, 5.41) is 0.909. The average molecular weight is 692 g/mol. The summed E-state index contributed by atoms with van der Waals surface area (Å²) < 4.78 is 41.3. The molecule has 2 aliphatic rings. The number of fused-ring (bicyclic) bond motifs is 1. The molecule has 2 aromatic heterocycles. The van der Waals surface area contributed by atoms with E-state index in [9.17, 15) is 8.78 Å². The SMILES string of the molecule is CCCCCC(C)CCCCCCC(C)[SiH2]c1cc(-c2ncc(-c3ccc(OCCCCCCC4CC4)cc3)cn2)nc2c1OCC2(F)F. The summed E-state index contributed by atoms with van der Waals surface area (Å²) in [4.78, 5) is 13.5. The van der Waals surface area contributed by atoms with Gasteiger partial charge in [-0.1, -0.05) is 136 Å². The number of hydrogen-bond donors (Lipinski definition) is 0. The molecule has 0 radical (unpaired) electrons. The Morgan fingerprint density at radius 1 is 0.857 bits per heavy atom. The van der Waals surface area contributed by atoms with E-state index < -0.39 is 22.0 Å². The van der Waals surface area contributed by atoms with E-state index in [2.05, 4.69) is 35.7 Å². The molecule has 5 rings (SSSR count). The van der Waals surface area contributed by atoms with Crippen molar-refractivity contribution in [1.29, 1.82) is 0 Å². The quantitative estimate of drug-likeness (QED) is 0.0732. The normalized spacial score (nSPS) is 16.5. The van der Waals surface area contributed by atoms with Crippen molar-refractivity contribution in [3.05, 3.63) is 48.4 Å². The minimum absolute atomic E-state index is 0.255. The highest BCUT2D eigenvalue weighted by Crippen LogP contribution is 2.40. The van der Waals surface area contributed by atoms with Crippen LogP contribution in [0.4, 0.5) is 8.78 Å². The Labute approximate surface area is 296 Å². The van der Waals surface area contributed by atoms with E-state index >= 15 is 0 Å². The molecule has 0 amide bonds. The van der Waals surface area contributed by atoms with Gasteiger partial charge in [0.2, 0.25) is 0 Å². The second-order valence-electron chi connectivity index (χ2n) is 15.1. The summed E-state index contributed by atoms with van der Waals surface area (Å²) in [7, 11) is -0.880. The maximum atomic E-state index is 14.9. The van der Waals surface area contributed by atoms with E-state index in [-0.39, 0.29) is 5.69 Å². The van der Waals surface area contributed by atoms with Crippen LogP contribution in [0.1, 0.15) is 136 Å². The molecule has 0 bridgehead atoms. The Morgan fingerprint density at radius 2 is 1.53 bits per heavy atom. The third-order valence-electron chi connectivity index (χ3n) is 10.3. The second-order valence-corrected chi connectivity index (χ2v) is 17.6. The lowest BCUT2D eigenvalue weighted by Gasteiger charge is -2.15. The number of benzene rings is 1. The second kappa shape index (κ2) is 18.9. The lowest BCUT2D eigenvalue weighted by atomic mass is 9.96. The topological polar surface area (TPSA) is 57.1 Å². The molecule has 0 N–H and O–H groups in total. The van der Waals surface area contributed by atoms with Crippen LogP contribution in [0, 0.1) is 11.8 Å². The van der Waals surface area contributed by atoms with Gasteiger partial charge in [-0.05, 0) is 52.7 Å². The van der Waals surface area contributed by atoms with Crippen molar-refractivity contribution < 1.29 is 18.3 Å². The minimum Gasteiger partial charge on any atom is -0.494 e. The molecule has 3 aromatic rings. The molecule has 1 aliphatic carbocycles. The molecule has 1 aromatic carbocycles. The van der Waals surface area contributed by atoms with Crippen LogP contribution in [-0.2, 0) is 5.92 Å². The first-order chi connectivity index (χ1) is 23.8. The molecule has 5 nitrogen and oxygen atoms in total. The van der Waals surface area contributed by atoms with Crippen molar-refractivity contribution in [3.63, 3.8) is 0 Å². The highest BCUT2D eigenvalue weighted by molar-refractivity contribution is 6.56. The number of halogens is 2. The first-order valence-corrected chi connectivity index (χ1v) is 21.0. The number of hydrogen-bond acceptors (Lipinski definition) is 5. The van der Waals surface area contributed by atoms with Gasteiger partial charge < -0.3 is 9.47 Å². The van der Waals surface area contributed by atoms with Crippen molar-refractivity contribution >= 4 is 14.7 Å². The number of aromatic nitrogens is 3. The monoisotopic (exact) mass is 691 g/mol. The molecule has 2 atom stereocenters. The summed E-state index contributed by atoms with van der Waals surface area (Å²) in [5.41, 5.74) is 2.46. The highest BCUT2D eigenvalue weighted by Gasteiger charge is 2.45. The fraction of sp³-hybridized carbons (Fsp3) is 0.634. The summed E-state index contributed by atoms with van der Waals surface area (Å²) in [5.74, 6) is 0.270. The third-order valence-corrected chi connectivity index (χ3v) is 12.4. The first-order valence-electron chi connectivity index (χ1n) is 19.4. The number of nitrogens with zero attached hydrogens (tertiary/aromatic N) is 3. The predicted octanol–water partition coefficient (Wildman–Crippen LogP) is 10.6. The zero-order valence-corrected chi connectivity index (χ0v) is 31.7. The molecule has 2 unspecified atom stereocenters. The van der Waals surface area contributed by atoms with Gasteiger partial charge in [0.05, 0.1) is 16.1 Å². The highest BCUT2D eigenvalue weighted by atomic mass is 28.2. The Bertz CT molecular complexity index is 1420. The van der Waals surface area contributed by atoms with Crippen LogP contribution in [0.3, 0.4) is 0 Å². The molecule has 1 fully saturated rings. The Kier molecular flexibility index (Phi) is 14.4. The Balaban J connectivity index is 1.11. The lowest BCUT2D eigenvalue weighted by molar-refractivity contribution is -0.0243. The summed E-state index contributed by atoms with van der Waals surface area (Å²) in [6.45, 7) is 7.01. The van der Waals surface area contributed by atoms with Gasteiger partial charge in [0.25, 0.3) is 0 Å². The van der Waals surface area contributed by atoms with Gasteiger partial charge in [0, 0.05) is 18.0 Å². The fourth-order valence-electron chi connectivity index (χ4n) is 7.03. The van der Waals surface area contributed by atoms with Gasteiger partial charge in [-0.3, -0.25) is 0 Å². The van der Waals surface area contributed by atoms with Crippen molar-refractivity contribution in [1.82, 2.24) is 15.0 Å². The summed E-state index contributed by atoms with van der Waals surface area (Å²) in [6.07, 6.45) is 25.6. The number of pyridine rings is 1. The van der Waals surface area contributed by atoms with E-state index in [4.69, 9.17) is 9.47 Å². The van der Waals surface area contributed by atoms with Crippen LogP contribution < -0.4 is 14.7 Å². The number of alkyl halides is 2. The molecule has 0 spiro atoms. The Hall–Kier alpha value is -2.87. The van der Waals surface area contributed by atoms with Gasteiger partial charge in [0.15, 0.2) is 18.1 Å². The molecule has 1 aliphatic heterocycles. The molecule has 49 heavy (non-hydrogen) atoms. The smallest absolute Gasteiger partial charge is 0.326 e. The zero-order valence-electron chi connectivity index (χ0n) is 30.3. The summed E-state index contributed by atoms with van der Waals surface area (Å²) in [6, 6.07) is 9.89. The van der Waals surface area contributed by atoms with Gasteiger partial charge >= 0.3 is 5.92 Å². The average Bonchev–Trinajstić information content (AvgIpc) is 3.88. The largest absolute Gasteiger partial charge is 0.494 e. The van der Waals surface area contributed by atoms with Gasteiger partial charge in [-0.25, -0.2) is 15.0 Å². The molecule has 3 heterocycles. The fourth-order valence-corrected chi connectivity index (χ4v) is 9.04. The zero-order chi connectivity index (χ0) is 34.5. The van der Waals surface area contributed by atoms with Crippen LogP contribution in [0.5, 0.6) is 11.5 Å². The number of rotatable bonds is 23. The van der Waals surface area contributed by atoms with Crippen LogP contribution >= 0.6 is 0 Å². The maximum absolute atomic E-state index is 14.9. The lowest BCUT2D eigenvalue weighted by Crippen LogP contribution is -2.22. The van der Waals surface area contributed by atoms with Crippen molar-refractivity contribution in [3.8, 4) is 34.1 Å². The molecule has 268 valence electrons. The minimum atomic E-state index is -3.11. The molecule has 8 heteroatoms. The predicted molar refractivity (Wildman–Crippen MR) is 200 cm³/mol. The number of unbranched alkanes of at least 4 members (excludes halogenated alkanes) is 8.